The standard InChI is InChI=1S/C23H18ClF2N5O2.C2H6/c1-28-11-14-10-16(5-6-17(14)27)31-23(32)21(13-3-2-4-15(24)9-13)22-18(30-31)7-8-20(29-22)33-12-19(25)26;1-2/h2-11,19H,12,27H2,1H3;1-2H3. The molecule has 0 saturated carbocycles. The molecule has 0 spiro atoms. The van der Waals surface area contributed by atoms with Gasteiger partial charge in [0, 0.05) is 35.6 Å². The third-order valence-electron chi connectivity index (χ3n) is 4.75. The fourth-order valence-corrected chi connectivity index (χ4v) is 3.50. The van der Waals surface area contributed by atoms with E-state index in [1.54, 1.807) is 61.8 Å². The van der Waals surface area contributed by atoms with Gasteiger partial charge < -0.3 is 10.5 Å². The predicted molar refractivity (Wildman–Crippen MR) is 136 cm³/mol. The molecule has 4 rings (SSSR count). The first-order valence-electron chi connectivity index (χ1n) is 10.8. The average molecular weight is 500 g/mol. The van der Waals surface area contributed by atoms with Gasteiger partial charge in [0.2, 0.25) is 5.88 Å². The molecular formula is C25H24ClF2N5O2. The SMILES string of the molecule is CC.CN=Cc1cc(-n2nc3ccc(OCC(F)F)nc3c(-c3cccc(Cl)c3)c2=O)ccc1N. The number of nitrogen functional groups attached to an aromatic ring is 1. The van der Waals surface area contributed by atoms with Crippen LogP contribution in [-0.2, 0) is 0 Å². The molecule has 0 unspecified atom stereocenters. The van der Waals surface area contributed by atoms with Gasteiger partial charge in [-0.15, -0.1) is 0 Å². The van der Waals surface area contributed by atoms with Gasteiger partial charge in [-0.1, -0.05) is 37.6 Å². The van der Waals surface area contributed by atoms with Crippen molar-refractivity contribution in [3.63, 3.8) is 0 Å². The van der Waals surface area contributed by atoms with Crippen LogP contribution < -0.4 is 16.0 Å². The van der Waals surface area contributed by atoms with E-state index >= 15 is 0 Å². The zero-order valence-corrected chi connectivity index (χ0v) is 20.1. The number of nitrogens with zero attached hydrogens (tertiary/aromatic N) is 4. The third kappa shape index (κ3) is 5.81. The van der Waals surface area contributed by atoms with Crippen LogP contribution in [0.4, 0.5) is 14.5 Å². The minimum atomic E-state index is -2.66. The highest BCUT2D eigenvalue weighted by molar-refractivity contribution is 6.30. The van der Waals surface area contributed by atoms with E-state index in [0.29, 0.717) is 33.0 Å². The van der Waals surface area contributed by atoms with Gasteiger partial charge in [0.25, 0.3) is 12.0 Å². The maximum Gasteiger partial charge on any atom is 0.281 e. The van der Waals surface area contributed by atoms with Crippen LogP contribution in [0.1, 0.15) is 19.4 Å². The molecule has 2 N–H and O–H groups in total. The zero-order chi connectivity index (χ0) is 25.5. The number of fused-ring (bicyclic) bond motifs is 1. The number of alkyl halides is 2. The molecule has 0 saturated heterocycles. The molecule has 0 aliphatic carbocycles. The number of benzene rings is 2. The second-order valence-electron chi connectivity index (χ2n) is 7.02. The quantitative estimate of drug-likeness (QED) is 0.283. The Hall–Kier alpha value is -3.85. The van der Waals surface area contributed by atoms with Crippen LogP contribution in [0.15, 0.2) is 64.4 Å². The van der Waals surface area contributed by atoms with Crippen LogP contribution in [0.2, 0.25) is 5.02 Å². The highest BCUT2D eigenvalue weighted by Crippen LogP contribution is 2.28. The smallest absolute Gasteiger partial charge is 0.281 e. The molecule has 0 bridgehead atoms. The lowest BCUT2D eigenvalue weighted by molar-refractivity contribution is 0.0798. The maximum absolute atomic E-state index is 13.6. The van der Waals surface area contributed by atoms with Gasteiger partial charge in [-0.2, -0.15) is 9.78 Å². The van der Waals surface area contributed by atoms with Crippen molar-refractivity contribution in [2.45, 2.75) is 20.3 Å². The Labute approximate surface area is 205 Å². The van der Waals surface area contributed by atoms with E-state index < -0.39 is 18.6 Å². The Kier molecular flexibility index (Phi) is 8.48. The summed E-state index contributed by atoms with van der Waals surface area (Å²) in [5.41, 5.74) is 8.37. The van der Waals surface area contributed by atoms with Gasteiger partial charge in [-0.05, 0) is 42.0 Å². The molecular weight excluding hydrogens is 476 g/mol. The molecule has 2 aromatic heterocycles. The third-order valence-corrected chi connectivity index (χ3v) is 4.99. The van der Waals surface area contributed by atoms with E-state index in [2.05, 4.69) is 15.1 Å². The number of nitrogens with two attached hydrogens (primary N) is 1. The summed E-state index contributed by atoms with van der Waals surface area (Å²) < 4.78 is 31.5. The Bertz CT molecular complexity index is 1420. The van der Waals surface area contributed by atoms with Crippen molar-refractivity contribution in [2.75, 3.05) is 19.4 Å². The minimum absolute atomic E-state index is 0.0426. The Morgan fingerprint density at radius 3 is 2.63 bits per heavy atom. The number of hydrogen-bond donors (Lipinski definition) is 1. The minimum Gasteiger partial charge on any atom is -0.472 e. The molecule has 4 aromatic rings. The van der Waals surface area contributed by atoms with Crippen LogP contribution in [0.25, 0.3) is 27.8 Å². The highest BCUT2D eigenvalue weighted by Gasteiger charge is 2.18. The van der Waals surface area contributed by atoms with Gasteiger partial charge in [0.05, 0.1) is 11.3 Å². The largest absolute Gasteiger partial charge is 0.472 e. The topological polar surface area (TPSA) is 95.4 Å². The summed E-state index contributed by atoms with van der Waals surface area (Å²) in [6.45, 7) is 3.18. The highest BCUT2D eigenvalue weighted by atomic mass is 35.5. The number of aromatic nitrogens is 3. The van der Waals surface area contributed by atoms with Crippen molar-refractivity contribution in [1.29, 1.82) is 0 Å². The van der Waals surface area contributed by atoms with Gasteiger partial charge >= 0.3 is 0 Å². The molecule has 0 radical (unpaired) electrons. The lowest BCUT2D eigenvalue weighted by atomic mass is 10.1. The summed E-state index contributed by atoms with van der Waals surface area (Å²) >= 11 is 6.16. The first-order valence-corrected chi connectivity index (χ1v) is 11.2. The van der Waals surface area contributed by atoms with Crippen molar-refractivity contribution in [3.05, 3.63) is 75.5 Å². The number of ether oxygens (including phenoxy) is 1. The van der Waals surface area contributed by atoms with E-state index in [9.17, 15) is 13.6 Å². The fraction of sp³-hybridized carbons (Fsp3) is 0.200. The summed E-state index contributed by atoms with van der Waals surface area (Å²) in [5.74, 6) is -0.0426. The van der Waals surface area contributed by atoms with Crippen LogP contribution in [0, 0.1) is 0 Å². The number of anilines is 1. The number of hydrogen-bond acceptors (Lipinski definition) is 6. The summed E-state index contributed by atoms with van der Waals surface area (Å²) in [7, 11) is 1.61. The van der Waals surface area contributed by atoms with Crippen molar-refractivity contribution < 1.29 is 13.5 Å². The second kappa shape index (κ2) is 11.5. The summed E-state index contributed by atoms with van der Waals surface area (Å²) in [4.78, 5) is 21.9. The number of aliphatic imine (C=N–C) groups is 1. The number of pyridine rings is 1. The summed E-state index contributed by atoms with van der Waals surface area (Å²) in [6.07, 6.45) is -1.08. The van der Waals surface area contributed by atoms with Gasteiger partial charge in [0.15, 0.2) is 6.61 Å². The van der Waals surface area contributed by atoms with Crippen molar-refractivity contribution >= 4 is 34.5 Å². The van der Waals surface area contributed by atoms with Crippen LogP contribution in [-0.4, -0.2) is 41.1 Å². The van der Waals surface area contributed by atoms with E-state index in [1.807, 2.05) is 13.8 Å². The number of halogens is 3. The van der Waals surface area contributed by atoms with Crippen LogP contribution >= 0.6 is 11.6 Å². The fourth-order valence-electron chi connectivity index (χ4n) is 3.31. The monoisotopic (exact) mass is 499 g/mol. The van der Waals surface area contributed by atoms with Crippen LogP contribution in [0.3, 0.4) is 0 Å². The van der Waals surface area contributed by atoms with Crippen molar-refractivity contribution in [3.8, 4) is 22.7 Å². The molecule has 0 fully saturated rings. The Balaban J connectivity index is 0.00000167. The summed E-state index contributed by atoms with van der Waals surface area (Å²) in [5, 5.41) is 4.86. The van der Waals surface area contributed by atoms with Gasteiger partial charge in [-0.25, -0.2) is 13.8 Å². The zero-order valence-electron chi connectivity index (χ0n) is 19.4. The molecule has 2 heterocycles. The first-order chi connectivity index (χ1) is 16.9. The Morgan fingerprint density at radius 2 is 1.94 bits per heavy atom. The number of rotatable bonds is 6. The maximum atomic E-state index is 13.6. The van der Waals surface area contributed by atoms with E-state index in [4.69, 9.17) is 22.1 Å². The van der Waals surface area contributed by atoms with Crippen molar-refractivity contribution in [2.24, 2.45) is 4.99 Å². The molecule has 7 nitrogen and oxygen atoms in total. The molecule has 0 aliphatic rings. The average Bonchev–Trinajstić information content (AvgIpc) is 2.85. The molecule has 10 heteroatoms. The van der Waals surface area contributed by atoms with Gasteiger partial charge in [0.1, 0.15) is 11.0 Å². The molecule has 35 heavy (non-hydrogen) atoms. The molecule has 0 amide bonds. The second-order valence-corrected chi connectivity index (χ2v) is 7.46. The van der Waals surface area contributed by atoms with E-state index in [-0.39, 0.29) is 17.0 Å². The van der Waals surface area contributed by atoms with E-state index in [1.165, 1.54) is 10.7 Å². The van der Waals surface area contributed by atoms with E-state index in [0.717, 1.165) is 0 Å². The lowest BCUT2D eigenvalue weighted by Gasteiger charge is -2.13. The summed E-state index contributed by atoms with van der Waals surface area (Å²) in [6, 6.07) is 14.7. The first kappa shape index (κ1) is 25.8. The molecule has 0 atom stereocenters. The lowest BCUT2D eigenvalue weighted by Crippen LogP contribution is -2.24. The Morgan fingerprint density at radius 1 is 1.17 bits per heavy atom. The van der Waals surface area contributed by atoms with Crippen molar-refractivity contribution in [1.82, 2.24) is 14.8 Å². The molecule has 0 aliphatic heterocycles. The molecule has 182 valence electrons. The van der Waals surface area contributed by atoms with Gasteiger partial charge in [-0.3, -0.25) is 9.79 Å². The molecule has 2 aromatic carbocycles. The predicted octanol–water partition coefficient (Wildman–Crippen LogP) is 5.40. The van der Waals surface area contributed by atoms with Crippen LogP contribution in [0.5, 0.6) is 5.88 Å². The normalized spacial score (nSPS) is 11.1.